The highest BCUT2D eigenvalue weighted by molar-refractivity contribution is 7.13. The zero-order valence-corrected chi connectivity index (χ0v) is 13.0. The molecule has 0 radical (unpaired) electrons. The molecule has 110 valence electrons. The Balaban J connectivity index is 1.63. The lowest BCUT2D eigenvalue weighted by Gasteiger charge is -2.31. The highest BCUT2D eigenvalue weighted by Gasteiger charge is 2.29. The van der Waals surface area contributed by atoms with Crippen LogP contribution in [0.3, 0.4) is 0 Å². The SMILES string of the molecule is O=C(Nc1nccs1)[C@H]1CCCN(C(=O)c2cccs2)C1. The lowest BCUT2D eigenvalue weighted by atomic mass is 9.97. The van der Waals surface area contributed by atoms with Crippen LogP contribution in [0.15, 0.2) is 29.1 Å². The molecular weight excluding hydrogens is 306 g/mol. The molecule has 2 amide bonds. The molecule has 5 nitrogen and oxygen atoms in total. The fourth-order valence-corrected chi connectivity index (χ4v) is 3.65. The first-order chi connectivity index (χ1) is 10.2. The number of amides is 2. The van der Waals surface area contributed by atoms with Crippen molar-refractivity contribution in [3.8, 4) is 0 Å². The molecule has 1 aliphatic rings. The summed E-state index contributed by atoms with van der Waals surface area (Å²) in [6, 6.07) is 3.70. The minimum Gasteiger partial charge on any atom is -0.337 e. The van der Waals surface area contributed by atoms with E-state index in [9.17, 15) is 9.59 Å². The molecule has 1 atom stereocenters. The summed E-state index contributed by atoms with van der Waals surface area (Å²) >= 11 is 2.84. The normalized spacial score (nSPS) is 18.5. The van der Waals surface area contributed by atoms with E-state index in [1.165, 1.54) is 22.7 Å². The highest BCUT2D eigenvalue weighted by Crippen LogP contribution is 2.22. The molecule has 21 heavy (non-hydrogen) atoms. The van der Waals surface area contributed by atoms with Crippen molar-refractivity contribution in [2.24, 2.45) is 5.92 Å². The Kier molecular flexibility index (Phi) is 4.31. The van der Waals surface area contributed by atoms with Crippen LogP contribution in [0.4, 0.5) is 5.13 Å². The van der Waals surface area contributed by atoms with Crippen molar-refractivity contribution in [1.29, 1.82) is 0 Å². The number of aromatic nitrogens is 1. The minimum atomic E-state index is -0.161. The number of rotatable bonds is 3. The summed E-state index contributed by atoms with van der Waals surface area (Å²) < 4.78 is 0. The summed E-state index contributed by atoms with van der Waals surface area (Å²) in [5.41, 5.74) is 0. The van der Waals surface area contributed by atoms with Crippen molar-refractivity contribution in [3.63, 3.8) is 0 Å². The first-order valence-electron chi connectivity index (χ1n) is 6.77. The van der Waals surface area contributed by atoms with Crippen molar-refractivity contribution < 1.29 is 9.59 Å². The summed E-state index contributed by atoms with van der Waals surface area (Å²) in [6.07, 6.45) is 3.33. The molecular formula is C14H15N3O2S2. The van der Waals surface area contributed by atoms with Gasteiger partial charge in [-0.15, -0.1) is 22.7 Å². The van der Waals surface area contributed by atoms with Gasteiger partial charge < -0.3 is 10.2 Å². The molecule has 1 fully saturated rings. The number of hydrogen-bond acceptors (Lipinski definition) is 5. The van der Waals surface area contributed by atoms with Crippen LogP contribution in [0.2, 0.25) is 0 Å². The summed E-state index contributed by atoms with van der Waals surface area (Å²) in [5.74, 6) is -0.183. The average molecular weight is 321 g/mol. The number of hydrogen-bond donors (Lipinski definition) is 1. The molecule has 0 aliphatic carbocycles. The minimum absolute atomic E-state index is 0.0248. The van der Waals surface area contributed by atoms with E-state index in [0.717, 1.165) is 24.3 Å². The van der Waals surface area contributed by atoms with Crippen LogP contribution in [0, 0.1) is 5.92 Å². The maximum absolute atomic E-state index is 12.3. The number of carbonyl (C=O) groups excluding carboxylic acids is 2. The molecule has 0 spiro atoms. The predicted molar refractivity (Wildman–Crippen MR) is 83.7 cm³/mol. The second-order valence-corrected chi connectivity index (χ2v) is 6.74. The fraction of sp³-hybridized carbons (Fsp3) is 0.357. The molecule has 1 aliphatic heterocycles. The van der Waals surface area contributed by atoms with Crippen molar-refractivity contribution in [2.45, 2.75) is 12.8 Å². The maximum atomic E-state index is 12.3. The van der Waals surface area contributed by atoms with Crippen LogP contribution < -0.4 is 5.32 Å². The Labute approximate surface area is 130 Å². The molecule has 0 unspecified atom stereocenters. The van der Waals surface area contributed by atoms with Gasteiger partial charge in [-0.05, 0) is 24.3 Å². The van der Waals surface area contributed by atoms with Crippen molar-refractivity contribution in [3.05, 3.63) is 34.0 Å². The van der Waals surface area contributed by atoms with E-state index in [4.69, 9.17) is 0 Å². The zero-order valence-electron chi connectivity index (χ0n) is 11.3. The van der Waals surface area contributed by atoms with Gasteiger partial charge in [0.25, 0.3) is 5.91 Å². The maximum Gasteiger partial charge on any atom is 0.263 e. The lowest BCUT2D eigenvalue weighted by Crippen LogP contribution is -2.43. The largest absolute Gasteiger partial charge is 0.337 e. The van der Waals surface area contributed by atoms with Crippen LogP contribution in [-0.2, 0) is 4.79 Å². The number of thiazole rings is 1. The van der Waals surface area contributed by atoms with Crippen molar-refractivity contribution >= 4 is 39.6 Å². The van der Waals surface area contributed by atoms with Gasteiger partial charge in [0.15, 0.2) is 5.13 Å². The molecule has 1 saturated heterocycles. The first kappa shape index (κ1) is 14.2. The molecule has 7 heteroatoms. The van der Waals surface area contributed by atoms with Gasteiger partial charge in [-0.2, -0.15) is 0 Å². The summed E-state index contributed by atoms with van der Waals surface area (Å²) in [4.78, 5) is 31.1. The number of likely N-dealkylation sites (tertiary alicyclic amines) is 1. The van der Waals surface area contributed by atoms with E-state index in [0.29, 0.717) is 11.7 Å². The van der Waals surface area contributed by atoms with Crippen molar-refractivity contribution in [2.75, 3.05) is 18.4 Å². The number of thiophene rings is 1. The second kappa shape index (κ2) is 6.36. The Hall–Kier alpha value is -1.73. The lowest BCUT2D eigenvalue weighted by molar-refractivity contribution is -0.121. The zero-order chi connectivity index (χ0) is 14.7. The predicted octanol–water partition coefficient (Wildman–Crippen LogP) is 2.70. The van der Waals surface area contributed by atoms with Crippen LogP contribution in [0.25, 0.3) is 0 Å². The topological polar surface area (TPSA) is 62.3 Å². The molecule has 0 aromatic carbocycles. The monoisotopic (exact) mass is 321 g/mol. The standard InChI is InChI=1S/C14H15N3O2S2/c18-12(16-14-15-5-8-21-14)10-3-1-6-17(9-10)13(19)11-4-2-7-20-11/h2,4-5,7-8,10H,1,3,6,9H2,(H,15,16,18)/t10-/m0/s1. The van der Waals surface area contributed by atoms with Gasteiger partial charge in [-0.1, -0.05) is 6.07 Å². The molecule has 0 bridgehead atoms. The molecule has 3 rings (SSSR count). The van der Waals surface area contributed by atoms with Crippen LogP contribution >= 0.6 is 22.7 Å². The quantitative estimate of drug-likeness (QED) is 0.945. The molecule has 2 aromatic heterocycles. The van der Waals surface area contributed by atoms with Gasteiger partial charge in [0, 0.05) is 24.7 Å². The summed E-state index contributed by atoms with van der Waals surface area (Å²) in [6.45, 7) is 1.20. The van der Waals surface area contributed by atoms with Crippen LogP contribution in [0.1, 0.15) is 22.5 Å². The summed E-state index contributed by atoms with van der Waals surface area (Å²) in [5, 5.41) is 7.15. The van der Waals surface area contributed by atoms with Crippen molar-refractivity contribution in [1.82, 2.24) is 9.88 Å². The van der Waals surface area contributed by atoms with Gasteiger partial charge >= 0.3 is 0 Å². The molecule has 2 aromatic rings. The van der Waals surface area contributed by atoms with E-state index in [1.807, 2.05) is 22.9 Å². The fourth-order valence-electron chi connectivity index (χ4n) is 2.42. The first-order valence-corrected chi connectivity index (χ1v) is 8.53. The highest BCUT2D eigenvalue weighted by atomic mass is 32.1. The second-order valence-electron chi connectivity index (χ2n) is 4.89. The van der Waals surface area contributed by atoms with Gasteiger partial charge in [0.1, 0.15) is 0 Å². The number of carbonyl (C=O) groups is 2. The van der Waals surface area contributed by atoms with Gasteiger partial charge in [0.05, 0.1) is 10.8 Å². The number of piperidine rings is 1. The number of nitrogens with zero attached hydrogens (tertiary/aromatic N) is 2. The van der Waals surface area contributed by atoms with Gasteiger partial charge in [-0.3, -0.25) is 9.59 Å². The van der Waals surface area contributed by atoms with E-state index < -0.39 is 0 Å². The van der Waals surface area contributed by atoms with E-state index in [-0.39, 0.29) is 17.7 Å². The Morgan fingerprint density at radius 3 is 2.95 bits per heavy atom. The third-order valence-corrected chi connectivity index (χ3v) is 5.02. The van der Waals surface area contributed by atoms with Crippen LogP contribution in [0.5, 0.6) is 0 Å². The Bertz CT molecular complexity index is 610. The number of anilines is 1. The average Bonchev–Trinajstić information content (AvgIpc) is 3.20. The van der Waals surface area contributed by atoms with Gasteiger partial charge in [0.2, 0.25) is 5.91 Å². The van der Waals surface area contributed by atoms with E-state index >= 15 is 0 Å². The third-order valence-electron chi connectivity index (χ3n) is 3.47. The smallest absolute Gasteiger partial charge is 0.263 e. The number of nitrogens with one attached hydrogen (secondary N) is 1. The van der Waals surface area contributed by atoms with E-state index in [1.54, 1.807) is 11.1 Å². The molecule has 3 heterocycles. The summed E-state index contributed by atoms with van der Waals surface area (Å²) in [7, 11) is 0. The van der Waals surface area contributed by atoms with E-state index in [2.05, 4.69) is 10.3 Å². The third kappa shape index (κ3) is 3.30. The van der Waals surface area contributed by atoms with Crippen LogP contribution in [-0.4, -0.2) is 34.8 Å². The molecule has 1 N–H and O–H groups in total. The Morgan fingerprint density at radius 2 is 2.24 bits per heavy atom. The molecule has 0 saturated carbocycles. The Morgan fingerprint density at radius 1 is 1.33 bits per heavy atom. The van der Waals surface area contributed by atoms with Gasteiger partial charge in [-0.25, -0.2) is 4.98 Å².